The van der Waals surface area contributed by atoms with Crippen molar-refractivity contribution in [2.24, 2.45) is 17.6 Å². The van der Waals surface area contributed by atoms with Crippen molar-refractivity contribution in [3.8, 4) is 0 Å². The highest BCUT2D eigenvalue weighted by Crippen LogP contribution is 2.31. The van der Waals surface area contributed by atoms with Crippen molar-refractivity contribution < 1.29 is 0 Å². The van der Waals surface area contributed by atoms with Crippen LogP contribution in [0.2, 0.25) is 0 Å². The summed E-state index contributed by atoms with van der Waals surface area (Å²) >= 11 is 0. The molecule has 2 heteroatoms. The van der Waals surface area contributed by atoms with E-state index in [-0.39, 0.29) is 0 Å². The van der Waals surface area contributed by atoms with Crippen LogP contribution in [-0.4, -0.2) is 19.1 Å². The van der Waals surface area contributed by atoms with Crippen molar-refractivity contribution in [2.75, 3.05) is 13.1 Å². The molecule has 1 atom stereocenters. The Morgan fingerprint density at radius 2 is 2.08 bits per heavy atom. The van der Waals surface area contributed by atoms with Gasteiger partial charge in [-0.2, -0.15) is 0 Å². The van der Waals surface area contributed by atoms with Crippen LogP contribution >= 0.6 is 0 Å². The van der Waals surface area contributed by atoms with Crippen LogP contribution in [0.15, 0.2) is 0 Å². The second kappa shape index (κ2) is 4.83. The molecule has 0 aromatic carbocycles. The highest BCUT2D eigenvalue weighted by Gasteiger charge is 2.20. The van der Waals surface area contributed by atoms with Crippen LogP contribution in [0.3, 0.4) is 0 Å². The third-order valence-electron chi connectivity index (χ3n) is 2.66. The molecule has 72 valence electrons. The molecule has 0 aromatic rings. The SMILES string of the molecule is CC(C)C(N)CNCCC1CC1. The zero-order valence-electron chi connectivity index (χ0n) is 8.34. The van der Waals surface area contributed by atoms with E-state index < -0.39 is 0 Å². The van der Waals surface area contributed by atoms with E-state index in [1.165, 1.54) is 19.3 Å². The van der Waals surface area contributed by atoms with Gasteiger partial charge in [-0.05, 0) is 24.8 Å². The summed E-state index contributed by atoms with van der Waals surface area (Å²) in [5, 5.41) is 3.41. The van der Waals surface area contributed by atoms with Crippen LogP contribution in [0.5, 0.6) is 0 Å². The fourth-order valence-corrected chi connectivity index (χ4v) is 1.22. The van der Waals surface area contributed by atoms with Gasteiger partial charge in [0.15, 0.2) is 0 Å². The lowest BCUT2D eigenvalue weighted by molar-refractivity contribution is 0.453. The van der Waals surface area contributed by atoms with E-state index in [0.717, 1.165) is 19.0 Å². The third kappa shape index (κ3) is 4.07. The first-order valence-electron chi connectivity index (χ1n) is 5.16. The van der Waals surface area contributed by atoms with Crippen molar-refractivity contribution in [3.05, 3.63) is 0 Å². The molecule has 0 heterocycles. The van der Waals surface area contributed by atoms with Crippen LogP contribution in [0, 0.1) is 11.8 Å². The number of nitrogens with two attached hydrogens (primary N) is 1. The zero-order valence-corrected chi connectivity index (χ0v) is 8.34. The lowest BCUT2D eigenvalue weighted by atomic mass is 10.1. The molecule has 0 amide bonds. The Hall–Kier alpha value is -0.0800. The van der Waals surface area contributed by atoms with E-state index in [1.807, 2.05) is 0 Å². The van der Waals surface area contributed by atoms with Gasteiger partial charge in [-0.25, -0.2) is 0 Å². The molecule has 12 heavy (non-hydrogen) atoms. The normalized spacial score (nSPS) is 20.0. The van der Waals surface area contributed by atoms with Gasteiger partial charge in [0.25, 0.3) is 0 Å². The maximum absolute atomic E-state index is 5.89. The minimum absolute atomic E-state index is 0.323. The zero-order chi connectivity index (χ0) is 8.97. The summed E-state index contributed by atoms with van der Waals surface area (Å²) in [6.07, 6.45) is 4.26. The highest BCUT2D eigenvalue weighted by molar-refractivity contribution is 4.75. The lowest BCUT2D eigenvalue weighted by Crippen LogP contribution is -2.38. The Labute approximate surface area is 75.9 Å². The van der Waals surface area contributed by atoms with Crippen LogP contribution in [0.1, 0.15) is 33.1 Å². The van der Waals surface area contributed by atoms with Gasteiger partial charge in [0, 0.05) is 12.6 Å². The Morgan fingerprint density at radius 1 is 1.42 bits per heavy atom. The van der Waals surface area contributed by atoms with Crippen LogP contribution in [0.25, 0.3) is 0 Å². The van der Waals surface area contributed by atoms with E-state index in [1.54, 1.807) is 0 Å². The molecular weight excluding hydrogens is 148 g/mol. The molecule has 3 N–H and O–H groups in total. The van der Waals surface area contributed by atoms with Crippen molar-refractivity contribution in [2.45, 2.75) is 39.2 Å². The first-order chi connectivity index (χ1) is 5.70. The van der Waals surface area contributed by atoms with Gasteiger partial charge in [-0.3, -0.25) is 0 Å². The van der Waals surface area contributed by atoms with Gasteiger partial charge in [0.1, 0.15) is 0 Å². The van der Waals surface area contributed by atoms with Crippen molar-refractivity contribution in [1.82, 2.24) is 5.32 Å². The van der Waals surface area contributed by atoms with Crippen molar-refractivity contribution in [1.29, 1.82) is 0 Å². The molecule has 0 saturated heterocycles. The van der Waals surface area contributed by atoms with Gasteiger partial charge in [-0.15, -0.1) is 0 Å². The summed E-state index contributed by atoms with van der Waals surface area (Å²) in [4.78, 5) is 0. The molecule has 1 aliphatic rings. The van der Waals surface area contributed by atoms with Crippen LogP contribution < -0.4 is 11.1 Å². The Balaban J connectivity index is 1.86. The summed E-state index contributed by atoms with van der Waals surface area (Å²) in [6.45, 7) is 6.48. The largest absolute Gasteiger partial charge is 0.326 e. The molecular formula is C10H22N2. The fraction of sp³-hybridized carbons (Fsp3) is 1.00. The predicted molar refractivity (Wildman–Crippen MR) is 53.0 cm³/mol. The molecule has 1 saturated carbocycles. The summed E-state index contributed by atoms with van der Waals surface area (Å²) < 4.78 is 0. The van der Waals surface area contributed by atoms with Crippen LogP contribution in [0.4, 0.5) is 0 Å². The standard InChI is InChI=1S/C10H22N2/c1-8(2)10(11)7-12-6-5-9-3-4-9/h8-10,12H,3-7,11H2,1-2H3. The van der Waals surface area contributed by atoms with E-state index in [9.17, 15) is 0 Å². The Morgan fingerprint density at radius 3 is 2.58 bits per heavy atom. The summed E-state index contributed by atoms with van der Waals surface area (Å²) in [5.41, 5.74) is 5.89. The second-order valence-electron chi connectivity index (χ2n) is 4.34. The molecule has 1 fully saturated rings. The topological polar surface area (TPSA) is 38.0 Å². The fourth-order valence-electron chi connectivity index (χ4n) is 1.22. The van der Waals surface area contributed by atoms with E-state index >= 15 is 0 Å². The smallest absolute Gasteiger partial charge is 0.0188 e. The highest BCUT2D eigenvalue weighted by atomic mass is 14.9. The van der Waals surface area contributed by atoms with E-state index in [0.29, 0.717) is 12.0 Å². The number of nitrogens with one attached hydrogen (secondary N) is 1. The van der Waals surface area contributed by atoms with Gasteiger partial charge < -0.3 is 11.1 Å². The first kappa shape index (κ1) is 10.0. The molecule has 1 rings (SSSR count). The molecule has 2 nitrogen and oxygen atoms in total. The van der Waals surface area contributed by atoms with Gasteiger partial charge in [-0.1, -0.05) is 26.7 Å². The number of rotatable bonds is 6. The average molecular weight is 170 g/mol. The van der Waals surface area contributed by atoms with Crippen molar-refractivity contribution in [3.63, 3.8) is 0 Å². The molecule has 0 bridgehead atoms. The molecule has 1 aliphatic carbocycles. The first-order valence-corrected chi connectivity index (χ1v) is 5.16. The molecule has 0 aromatic heterocycles. The van der Waals surface area contributed by atoms with Gasteiger partial charge >= 0.3 is 0 Å². The Kier molecular flexibility index (Phi) is 4.02. The second-order valence-corrected chi connectivity index (χ2v) is 4.34. The Bertz CT molecular complexity index is 119. The number of hydrogen-bond acceptors (Lipinski definition) is 2. The van der Waals surface area contributed by atoms with E-state index in [2.05, 4.69) is 19.2 Å². The third-order valence-corrected chi connectivity index (χ3v) is 2.66. The number of hydrogen-bond donors (Lipinski definition) is 2. The quantitative estimate of drug-likeness (QED) is 0.591. The summed E-state index contributed by atoms with van der Waals surface area (Å²) in [5.74, 6) is 1.63. The summed E-state index contributed by atoms with van der Waals surface area (Å²) in [7, 11) is 0. The van der Waals surface area contributed by atoms with Crippen molar-refractivity contribution >= 4 is 0 Å². The van der Waals surface area contributed by atoms with Gasteiger partial charge in [0.05, 0.1) is 0 Å². The average Bonchev–Trinajstić information content (AvgIpc) is 2.80. The molecule has 0 spiro atoms. The van der Waals surface area contributed by atoms with Crippen LogP contribution in [-0.2, 0) is 0 Å². The predicted octanol–water partition coefficient (Wildman–Crippen LogP) is 1.36. The molecule has 0 radical (unpaired) electrons. The lowest BCUT2D eigenvalue weighted by Gasteiger charge is -2.15. The minimum Gasteiger partial charge on any atom is -0.326 e. The minimum atomic E-state index is 0.323. The summed E-state index contributed by atoms with van der Waals surface area (Å²) in [6, 6.07) is 0.323. The van der Waals surface area contributed by atoms with Gasteiger partial charge in [0.2, 0.25) is 0 Å². The molecule has 0 aliphatic heterocycles. The van der Waals surface area contributed by atoms with E-state index in [4.69, 9.17) is 5.73 Å². The molecule has 1 unspecified atom stereocenters. The maximum Gasteiger partial charge on any atom is 0.0188 e. The maximum atomic E-state index is 5.89. The monoisotopic (exact) mass is 170 g/mol.